The summed E-state index contributed by atoms with van der Waals surface area (Å²) in [6.07, 6.45) is 4.42. The number of morpholine rings is 1. The van der Waals surface area contributed by atoms with Gasteiger partial charge in [0, 0.05) is 32.6 Å². The van der Waals surface area contributed by atoms with Gasteiger partial charge < -0.3 is 19.9 Å². The van der Waals surface area contributed by atoms with Gasteiger partial charge in [-0.15, -0.1) is 0 Å². The first-order chi connectivity index (χ1) is 12.2. The van der Waals surface area contributed by atoms with Crippen molar-refractivity contribution in [3.05, 3.63) is 18.3 Å². The molecule has 1 atom stereocenters. The highest BCUT2D eigenvalue weighted by atomic mass is 16.5. The lowest BCUT2D eigenvalue weighted by Gasteiger charge is -2.27. The number of hydrogen-bond donors (Lipinski definition) is 1. The zero-order chi connectivity index (χ0) is 17.2. The van der Waals surface area contributed by atoms with Crippen molar-refractivity contribution in [2.24, 2.45) is 11.8 Å². The molecule has 134 valence electrons. The van der Waals surface area contributed by atoms with Gasteiger partial charge in [0.1, 0.15) is 5.82 Å². The van der Waals surface area contributed by atoms with E-state index in [1.165, 1.54) is 12.8 Å². The standard InChI is InChI=1S/C18H24N4O3/c23-17-9-14(12-22(17)11-13-1-2-13)18(24)20-15-3-4-16(19-10-15)21-5-7-25-8-6-21/h3-4,10,13-14H,1-2,5-9,11-12H2,(H,20,24). The molecule has 25 heavy (non-hydrogen) atoms. The molecular formula is C18H24N4O3. The van der Waals surface area contributed by atoms with E-state index in [1.54, 1.807) is 6.20 Å². The summed E-state index contributed by atoms with van der Waals surface area (Å²) >= 11 is 0. The molecule has 0 spiro atoms. The Bertz CT molecular complexity index is 638. The predicted molar refractivity (Wildman–Crippen MR) is 93.3 cm³/mol. The molecule has 0 aromatic carbocycles. The highest BCUT2D eigenvalue weighted by Gasteiger charge is 2.37. The summed E-state index contributed by atoms with van der Waals surface area (Å²) in [5.74, 6) is 1.31. The van der Waals surface area contributed by atoms with Crippen LogP contribution in [0.25, 0.3) is 0 Å². The Morgan fingerprint density at radius 2 is 2.08 bits per heavy atom. The van der Waals surface area contributed by atoms with Crippen LogP contribution >= 0.6 is 0 Å². The monoisotopic (exact) mass is 344 g/mol. The second-order valence-corrected chi connectivity index (χ2v) is 7.14. The lowest BCUT2D eigenvalue weighted by Crippen LogP contribution is -2.36. The van der Waals surface area contributed by atoms with Crippen molar-refractivity contribution in [3.63, 3.8) is 0 Å². The lowest BCUT2D eigenvalue weighted by molar-refractivity contribution is -0.128. The fraction of sp³-hybridized carbons (Fsp3) is 0.611. The van der Waals surface area contributed by atoms with E-state index in [2.05, 4.69) is 15.2 Å². The third-order valence-corrected chi connectivity index (χ3v) is 5.11. The van der Waals surface area contributed by atoms with E-state index in [4.69, 9.17) is 4.74 Å². The zero-order valence-electron chi connectivity index (χ0n) is 14.3. The Morgan fingerprint density at radius 3 is 2.76 bits per heavy atom. The molecule has 1 unspecified atom stereocenters. The van der Waals surface area contributed by atoms with Crippen molar-refractivity contribution in [2.75, 3.05) is 49.6 Å². The molecule has 0 bridgehead atoms. The Kier molecular flexibility index (Phi) is 4.57. The Morgan fingerprint density at radius 1 is 1.28 bits per heavy atom. The number of likely N-dealkylation sites (tertiary alicyclic amines) is 1. The van der Waals surface area contributed by atoms with Crippen LogP contribution in [0.3, 0.4) is 0 Å². The number of hydrogen-bond acceptors (Lipinski definition) is 5. The number of amides is 2. The van der Waals surface area contributed by atoms with Crippen molar-refractivity contribution < 1.29 is 14.3 Å². The topological polar surface area (TPSA) is 74.8 Å². The van der Waals surface area contributed by atoms with Crippen LogP contribution in [0.15, 0.2) is 18.3 Å². The van der Waals surface area contributed by atoms with Crippen LogP contribution in [0.4, 0.5) is 11.5 Å². The number of ether oxygens (including phenoxy) is 1. The van der Waals surface area contributed by atoms with Crippen LogP contribution in [0.1, 0.15) is 19.3 Å². The molecule has 2 aliphatic heterocycles. The minimum Gasteiger partial charge on any atom is -0.378 e. The largest absolute Gasteiger partial charge is 0.378 e. The fourth-order valence-corrected chi connectivity index (χ4v) is 3.42. The highest BCUT2D eigenvalue weighted by molar-refractivity contribution is 5.97. The maximum atomic E-state index is 12.4. The van der Waals surface area contributed by atoms with Gasteiger partial charge in [0.2, 0.25) is 11.8 Å². The summed E-state index contributed by atoms with van der Waals surface area (Å²) in [4.78, 5) is 32.9. The summed E-state index contributed by atoms with van der Waals surface area (Å²) in [6.45, 7) is 4.46. The van der Waals surface area contributed by atoms with E-state index < -0.39 is 0 Å². The van der Waals surface area contributed by atoms with Gasteiger partial charge in [-0.2, -0.15) is 0 Å². The normalized spacial score (nSPS) is 23.8. The third-order valence-electron chi connectivity index (χ3n) is 5.11. The summed E-state index contributed by atoms with van der Waals surface area (Å²) in [5.41, 5.74) is 0.676. The number of nitrogens with zero attached hydrogens (tertiary/aromatic N) is 3. The smallest absolute Gasteiger partial charge is 0.229 e. The van der Waals surface area contributed by atoms with Gasteiger partial charge in [0.05, 0.1) is 31.0 Å². The van der Waals surface area contributed by atoms with Crippen LogP contribution in [-0.2, 0) is 14.3 Å². The van der Waals surface area contributed by atoms with Gasteiger partial charge in [-0.05, 0) is 30.9 Å². The molecule has 7 heteroatoms. The first-order valence-electron chi connectivity index (χ1n) is 9.06. The SMILES string of the molecule is O=C(Nc1ccc(N2CCOCC2)nc1)C1CC(=O)N(CC2CC2)C1. The average molecular weight is 344 g/mol. The van der Waals surface area contributed by atoms with E-state index in [1.807, 2.05) is 17.0 Å². The molecular weight excluding hydrogens is 320 g/mol. The number of pyridine rings is 1. The molecule has 1 aliphatic carbocycles. The van der Waals surface area contributed by atoms with Gasteiger partial charge in [-0.3, -0.25) is 9.59 Å². The van der Waals surface area contributed by atoms with Crippen molar-refractivity contribution in [1.82, 2.24) is 9.88 Å². The van der Waals surface area contributed by atoms with Crippen molar-refractivity contribution in [2.45, 2.75) is 19.3 Å². The Hall–Kier alpha value is -2.15. The fourth-order valence-electron chi connectivity index (χ4n) is 3.42. The molecule has 3 heterocycles. The summed E-state index contributed by atoms with van der Waals surface area (Å²) in [7, 11) is 0. The Balaban J connectivity index is 1.32. The molecule has 4 rings (SSSR count). The predicted octanol–water partition coefficient (Wildman–Crippen LogP) is 1.12. The number of rotatable bonds is 5. The van der Waals surface area contributed by atoms with Crippen LogP contribution in [0.5, 0.6) is 0 Å². The van der Waals surface area contributed by atoms with E-state index >= 15 is 0 Å². The molecule has 3 aliphatic rings. The van der Waals surface area contributed by atoms with E-state index in [9.17, 15) is 9.59 Å². The average Bonchev–Trinajstić information content (AvgIpc) is 3.38. The summed E-state index contributed by atoms with van der Waals surface area (Å²) in [5, 5.41) is 2.90. The van der Waals surface area contributed by atoms with Gasteiger partial charge in [0.25, 0.3) is 0 Å². The molecule has 1 aromatic rings. The molecule has 1 aromatic heterocycles. The molecule has 0 radical (unpaired) electrons. The maximum Gasteiger partial charge on any atom is 0.229 e. The number of aromatic nitrogens is 1. The zero-order valence-corrected chi connectivity index (χ0v) is 14.3. The second-order valence-electron chi connectivity index (χ2n) is 7.14. The molecule has 2 saturated heterocycles. The van der Waals surface area contributed by atoms with E-state index in [-0.39, 0.29) is 17.7 Å². The van der Waals surface area contributed by atoms with Crippen LogP contribution in [0.2, 0.25) is 0 Å². The first kappa shape index (κ1) is 16.3. The molecule has 7 nitrogen and oxygen atoms in total. The minimum atomic E-state index is -0.259. The van der Waals surface area contributed by atoms with E-state index in [0.717, 1.165) is 25.5 Å². The summed E-state index contributed by atoms with van der Waals surface area (Å²) in [6, 6.07) is 3.79. The van der Waals surface area contributed by atoms with Crippen LogP contribution in [-0.4, -0.2) is 61.1 Å². The summed E-state index contributed by atoms with van der Waals surface area (Å²) < 4.78 is 5.34. The van der Waals surface area contributed by atoms with Gasteiger partial charge in [-0.1, -0.05) is 0 Å². The number of carbonyl (C=O) groups excluding carboxylic acids is 2. The lowest BCUT2D eigenvalue weighted by atomic mass is 10.1. The molecule has 3 fully saturated rings. The number of anilines is 2. The van der Waals surface area contributed by atoms with Gasteiger partial charge >= 0.3 is 0 Å². The number of nitrogens with one attached hydrogen (secondary N) is 1. The quantitative estimate of drug-likeness (QED) is 0.866. The van der Waals surface area contributed by atoms with Crippen LogP contribution in [0, 0.1) is 11.8 Å². The third kappa shape index (κ3) is 3.92. The van der Waals surface area contributed by atoms with Crippen molar-refractivity contribution in [1.29, 1.82) is 0 Å². The van der Waals surface area contributed by atoms with Crippen molar-refractivity contribution >= 4 is 23.3 Å². The number of carbonyl (C=O) groups is 2. The van der Waals surface area contributed by atoms with Crippen LogP contribution < -0.4 is 10.2 Å². The minimum absolute atomic E-state index is 0.0902. The maximum absolute atomic E-state index is 12.4. The van der Waals surface area contributed by atoms with Gasteiger partial charge in [0.15, 0.2) is 0 Å². The second kappa shape index (κ2) is 7.00. The molecule has 2 amide bonds. The Labute approximate surface area is 147 Å². The van der Waals surface area contributed by atoms with Crippen molar-refractivity contribution in [3.8, 4) is 0 Å². The van der Waals surface area contributed by atoms with Gasteiger partial charge in [-0.25, -0.2) is 4.98 Å². The first-order valence-corrected chi connectivity index (χ1v) is 9.06. The molecule has 1 saturated carbocycles. The highest BCUT2D eigenvalue weighted by Crippen LogP contribution is 2.32. The van der Waals surface area contributed by atoms with E-state index in [0.29, 0.717) is 37.8 Å². The molecule has 1 N–H and O–H groups in total.